The van der Waals surface area contributed by atoms with Gasteiger partial charge in [0, 0.05) is 34.3 Å². The molecule has 5 heterocycles. The van der Waals surface area contributed by atoms with E-state index in [1.807, 2.05) is 18.6 Å². The standard InChI is InChI=1S/C53H62B3N5O4/c1-50(2,3)38-26-27-58-48(30-38)61-44-21-14-13-18-40(44)41-25-24-36(29-47(41)61)33-62-34-37-28-39(32-57-31-37)59-35-60(46-23-16-15-22-45(46)59)49-42(51(4,5)6)19-17-20-43(49)54-63-55(52(7,8)9)65-56(64-54)53(10,11)12/h13-32H,33-35H2,1-12H3. The highest BCUT2D eigenvalue weighted by atomic mass is 16.7. The molecule has 0 N–H and O–H groups in total. The summed E-state index contributed by atoms with van der Waals surface area (Å²) in [7, 11) is -1.56. The van der Waals surface area contributed by atoms with E-state index < -0.39 is 21.4 Å². The van der Waals surface area contributed by atoms with Gasteiger partial charge in [0.05, 0.1) is 47.5 Å². The molecule has 0 saturated carbocycles. The molecular formula is C53H62B3N5O4. The lowest BCUT2D eigenvalue weighted by Gasteiger charge is -2.42. The average molecular weight is 866 g/mol. The van der Waals surface area contributed by atoms with Crippen molar-refractivity contribution in [1.82, 2.24) is 14.5 Å². The van der Waals surface area contributed by atoms with E-state index in [2.05, 4.69) is 201 Å². The van der Waals surface area contributed by atoms with Crippen LogP contribution in [0.3, 0.4) is 0 Å². The van der Waals surface area contributed by atoms with Crippen LogP contribution in [0.4, 0.5) is 22.7 Å². The van der Waals surface area contributed by atoms with Crippen molar-refractivity contribution in [3.05, 3.63) is 144 Å². The second-order valence-electron chi connectivity index (χ2n) is 22.0. The molecule has 7 aromatic rings. The molecule has 2 aliphatic heterocycles. The molecule has 9 rings (SSSR count). The lowest BCUT2D eigenvalue weighted by Crippen LogP contribution is -2.59. The lowest BCUT2D eigenvalue weighted by atomic mass is 9.50. The van der Waals surface area contributed by atoms with Crippen LogP contribution in [-0.2, 0) is 42.5 Å². The minimum Gasteiger partial charge on any atom is -0.452 e. The predicted octanol–water partition coefficient (Wildman–Crippen LogP) is 12.5. The molecule has 0 atom stereocenters. The first-order valence-corrected chi connectivity index (χ1v) is 23.0. The monoisotopic (exact) mass is 866 g/mol. The van der Waals surface area contributed by atoms with Crippen LogP contribution in [0, 0.1) is 0 Å². The van der Waals surface area contributed by atoms with E-state index in [0.717, 1.165) is 56.2 Å². The third-order valence-electron chi connectivity index (χ3n) is 12.5. The molecule has 0 spiro atoms. The van der Waals surface area contributed by atoms with E-state index >= 15 is 0 Å². The van der Waals surface area contributed by atoms with Gasteiger partial charge in [0.1, 0.15) is 12.5 Å². The van der Waals surface area contributed by atoms with E-state index in [0.29, 0.717) is 19.9 Å². The van der Waals surface area contributed by atoms with Gasteiger partial charge in [-0.2, -0.15) is 0 Å². The van der Waals surface area contributed by atoms with Crippen molar-refractivity contribution in [3.63, 3.8) is 0 Å². The van der Waals surface area contributed by atoms with Gasteiger partial charge in [-0.15, -0.1) is 0 Å². The second kappa shape index (κ2) is 16.8. The Morgan fingerprint density at radius 1 is 0.600 bits per heavy atom. The summed E-state index contributed by atoms with van der Waals surface area (Å²) in [6.07, 6.45) is 5.78. The van der Waals surface area contributed by atoms with Gasteiger partial charge in [-0.25, -0.2) is 4.98 Å². The summed E-state index contributed by atoms with van der Waals surface area (Å²) < 4.78 is 28.8. The van der Waals surface area contributed by atoms with Gasteiger partial charge >= 0.3 is 21.4 Å². The Balaban J connectivity index is 0.999. The Morgan fingerprint density at radius 2 is 1.26 bits per heavy atom. The molecule has 1 fully saturated rings. The fourth-order valence-corrected chi connectivity index (χ4v) is 9.03. The molecule has 1 saturated heterocycles. The molecule has 0 unspecified atom stereocenters. The molecule has 0 aliphatic carbocycles. The average Bonchev–Trinajstić information content (AvgIpc) is 3.81. The fraction of sp³-hybridized carbons (Fsp3) is 0.358. The third kappa shape index (κ3) is 8.86. The van der Waals surface area contributed by atoms with Crippen LogP contribution >= 0.6 is 0 Å². The Morgan fingerprint density at radius 3 is 1.95 bits per heavy atom. The normalized spacial score (nSPS) is 15.2. The zero-order chi connectivity index (χ0) is 46.1. The zero-order valence-corrected chi connectivity index (χ0v) is 40.3. The largest absolute Gasteiger partial charge is 0.468 e. The smallest absolute Gasteiger partial charge is 0.452 e. The number of nitrogens with zero attached hydrogens (tertiary/aromatic N) is 5. The van der Waals surface area contributed by atoms with Crippen LogP contribution in [0.5, 0.6) is 0 Å². The number of anilines is 4. The number of hydrogen-bond acceptors (Lipinski definition) is 8. The molecule has 2 aliphatic rings. The maximum absolute atomic E-state index is 6.78. The highest BCUT2D eigenvalue weighted by molar-refractivity contribution is 6.81. The number of fused-ring (bicyclic) bond motifs is 4. The first-order chi connectivity index (χ1) is 30.8. The van der Waals surface area contributed by atoms with Crippen LogP contribution in [0.25, 0.3) is 27.6 Å². The van der Waals surface area contributed by atoms with Crippen LogP contribution in [0.15, 0.2) is 122 Å². The molecule has 332 valence electrons. The van der Waals surface area contributed by atoms with Gasteiger partial charge in [0.2, 0.25) is 0 Å². The number of ether oxygens (including phenoxy) is 1. The predicted molar refractivity (Wildman–Crippen MR) is 270 cm³/mol. The molecule has 3 aromatic heterocycles. The van der Waals surface area contributed by atoms with Gasteiger partial charge in [-0.05, 0) is 86.2 Å². The Bertz CT molecular complexity index is 2850. The number of benzene rings is 4. The van der Waals surface area contributed by atoms with Crippen molar-refractivity contribution in [2.45, 2.75) is 118 Å². The van der Waals surface area contributed by atoms with E-state index in [9.17, 15) is 0 Å². The van der Waals surface area contributed by atoms with Crippen molar-refractivity contribution in [1.29, 1.82) is 0 Å². The van der Waals surface area contributed by atoms with Crippen LogP contribution in [0.1, 0.15) is 105 Å². The number of pyridine rings is 2. The number of para-hydroxylation sites is 4. The number of rotatable bonds is 8. The zero-order valence-electron chi connectivity index (χ0n) is 40.3. The highest BCUT2D eigenvalue weighted by Crippen LogP contribution is 2.47. The minimum absolute atomic E-state index is 0.00274. The second-order valence-corrected chi connectivity index (χ2v) is 22.0. The SMILES string of the molecule is CC(C)(C)B1OB(c2cccc(C(C)(C)C)c2N2CN(c3cncc(COCc4ccc5c6ccccc6n(-c6cc(C(C)(C)C)ccn6)c5c4)c3)c3ccccc32)OB(C(C)(C)C)O1. The Kier molecular flexibility index (Phi) is 11.6. The number of hydrogen-bond donors (Lipinski definition) is 0. The van der Waals surface area contributed by atoms with E-state index in [4.69, 9.17) is 28.4 Å². The van der Waals surface area contributed by atoms with Crippen molar-refractivity contribution in [2.24, 2.45) is 0 Å². The minimum atomic E-state index is -0.641. The highest BCUT2D eigenvalue weighted by Gasteiger charge is 2.52. The van der Waals surface area contributed by atoms with Crippen molar-refractivity contribution in [2.75, 3.05) is 16.5 Å². The van der Waals surface area contributed by atoms with Crippen LogP contribution in [-0.4, -0.2) is 42.6 Å². The maximum Gasteiger partial charge on any atom is 0.468 e. The van der Waals surface area contributed by atoms with Crippen LogP contribution in [0.2, 0.25) is 10.6 Å². The van der Waals surface area contributed by atoms with Gasteiger partial charge in [-0.1, -0.05) is 144 Å². The molecule has 0 amide bonds. The summed E-state index contributed by atoms with van der Waals surface area (Å²) >= 11 is 0. The Labute approximate surface area is 386 Å². The Hall–Kier alpha value is -5.39. The fourth-order valence-electron chi connectivity index (χ4n) is 9.03. The van der Waals surface area contributed by atoms with Gasteiger partial charge < -0.3 is 28.3 Å². The molecule has 65 heavy (non-hydrogen) atoms. The summed E-state index contributed by atoms with van der Waals surface area (Å²) in [4.78, 5) is 14.4. The number of aromatic nitrogens is 3. The molecular weight excluding hydrogens is 803 g/mol. The van der Waals surface area contributed by atoms with Crippen molar-refractivity contribution >= 4 is 71.4 Å². The third-order valence-corrected chi connectivity index (χ3v) is 12.5. The van der Waals surface area contributed by atoms with Gasteiger partial charge in [0.25, 0.3) is 0 Å². The molecule has 9 nitrogen and oxygen atoms in total. The van der Waals surface area contributed by atoms with Crippen molar-refractivity contribution < 1.29 is 18.5 Å². The quantitative estimate of drug-likeness (QED) is 0.140. The summed E-state index contributed by atoms with van der Waals surface area (Å²) in [6, 6.07) is 36.9. The maximum atomic E-state index is 6.78. The summed E-state index contributed by atoms with van der Waals surface area (Å²) in [5.74, 6) is 0.915. The molecule has 0 radical (unpaired) electrons. The summed E-state index contributed by atoms with van der Waals surface area (Å²) in [6.45, 7) is 27.9. The van der Waals surface area contributed by atoms with Crippen molar-refractivity contribution in [3.8, 4) is 5.82 Å². The molecule has 0 bridgehead atoms. The van der Waals surface area contributed by atoms with Gasteiger partial charge in [0.15, 0.2) is 0 Å². The molecule has 4 aromatic carbocycles. The van der Waals surface area contributed by atoms with Crippen LogP contribution < -0.4 is 15.3 Å². The van der Waals surface area contributed by atoms with E-state index in [1.165, 1.54) is 21.9 Å². The lowest BCUT2D eigenvalue weighted by molar-refractivity contribution is 0.107. The summed E-state index contributed by atoms with van der Waals surface area (Å²) in [5.41, 5.74) is 11.9. The summed E-state index contributed by atoms with van der Waals surface area (Å²) in [5, 5.41) is 1.86. The van der Waals surface area contributed by atoms with E-state index in [1.54, 1.807) is 0 Å². The first-order valence-electron chi connectivity index (χ1n) is 23.0. The first kappa shape index (κ1) is 44.8. The topological polar surface area (TPSA) is 74.1 Å². The van der Waals surface area contributed by atoms with Gasteiger partial charge in [-0.3, -0.25) is 9.55 Å². The molecule has 12 heteroatoms. The van der Waals surface area contributed by atoms with E-state index in [-0.39, 0.29) is 21.5 Å².